The van der Waals surface area contributed by atoms with Crippen molar-refractivity contribution in [1.82, 2.24) is 15.5 Å². The summed E-state index contributed by atoms with van der Waals surface area (Å²) in [5.74, 6) is 0.856. The number of hydrogen-bond donors (Lipinski definition) is 2. The summed E-state index contributed by atoms with van der Waals surface area (Å²) in [4.78, 5) is 2.54. The second-order valence-corrected chi connectivity index (χ2v) is 13.5. The maximum absolute atomic E-state index is 4.22. The van der Waals surface area contributed by atoms with Gasteiger partial charge < -0.3 is 15.5 Å². The van der Waals surface area contributed by atoms with Crippen LogP contribution < -0.4 is 10.6 Å². The Labute approximate surface area is 311 Å². The minimum Gasteiger partial charge on any atom is -0.385 e. The van der Waals surface area contributed by atoms with Crippen LogP contribution in [-0.2, 0) is 6.54 Å². The van der Waals surface area contributed by atoms with Crippen LogP contribution in [0.25, 0.3) is 0 Å². The maximum Gasteiger partial charge on any atom is 0.0397 e. The van der Waals surface area contributed by atoms with Crippen molar-refractivity contribution in [3.63, 3.8) is 0 Å². The molecule has 0 heterocycles. The number of nitrogens with zero attached hydrogens (tertiary/aromatic N) is 1. The lowest BCUT2D eigenvalue weighted by molar-refractivity contribution is 0.275. The fourth-order valence-electron chi connectivity index (χ4n) is 6.34. The van der Waals surface area contributed by atoms with E-state index < -0.39 is 0 Å². The third-order valence-electron chi connectivity index (χ3n) is 8.71. The Bertz CT molecular complexity index is 1160. The summed E-state index contributed by atoms with van der Waals surface area (Å²) in [5, 5.41) is 7.12. The van der Waals surface area contributed by atoms with Crippen molar-refractivity contribution >= 4 is 0 Å². The molecular weight excluding hydrogens is 607 g/mol. The topological polar surface area (TPSA) is 27.3 Å². The summed E-state index contributed by atoms with van der Waals surface area (Å²) >= 11 is 0. The molecule has 2 N–H and O–H groups in total. The summed E-state index contributed by atoms with van der Waals surface area (Å²) < 4.78 is 0. The lowest BCUT2D eigenvalue weighted by Gasteiger charge is -2.25. The molecule has 282 valence electrons. The second kappa shape index (κ2) is 30.9. The summed E-state index contributed by atoms with van der Waals surface area (Å²) in [5.41, 5.74) is 7.95. The molecule has 50 heavy (non-hydrogen) atoms. The Kier molecular flexibility index (Phi) is 29.1. The van der Waals surface area contributed by atoms with Gasteiger partial charge in [-0.25, -0.2) is 0 Å². The van der Waals surface area contributed by atoms with Gasteiger partial charge in [-0.15, -0.1) is 0 Å². The summed E-state index contributed by atoms with van der Waals surface area (Å²) in [6.07, 6.45) is 11.9. The van der Waals surface area contributed by atoms with Gasteiger partial charge in [0.25, 0.3) is 0 Å². The Morgan fingerprint density at radius 3 is 1.74 bits per heavy atom. The average Bonchev–Trinajstić information content (AvgIpc) is 3.14. The van der Waals surface area contributed by atoms with Crippen LogP contribution in [0.1, 0.15) is 160 Å². The molecule has 4 rings (SSSR count). The number of rotatable bonds is 15. The van der Waals surface area contributed by atoms with Crippen LogP contribution in [0.5, 0.6) is 0 Å². The van der Waals surface area contributed by atoms with Crippen LogP contribution in [0.15, 0.2) is 91.1 Å². The number of hydrogen-bond acceptors (Lipinski definition) is 3. The fourth-order valence-corrected chi connectivity index (χ4v) is 6.34. The molecule has 0 bridgehead atoms. The number of nitrogens with one attached hydrogen (secondary N) is 2. The van der Waals surface area contributed by atoms with Gasteiger partial charge in [-0.1, -0.05) is 173 Å². The molecule has 3 aromatic rings. The van der Waals surface area contributed by atoms with Gasteiger partial charge in [-0.3, -0.25) is 0 Å². The zero-order valence-electron chi connectivity index (χ0n) is 34.6. The van der Waals surface area contributed by atoms with Crippen LogP contribution >= 0.6 is 0 Å². The Morgan fingerprint density at radius 2 is 1.24 bits per heavy atom. The number of benzene rings is 3. The summed E-state index contributed by atoms with van der Waals surface area (Å²) in [7, 11) is 0. The molecule has 1 aliphatic rings. The highest BCUT2D eigenvalue weighted by Crippen LogP contribution is 2.32. The standard InChI is InChI=1S/C21H28N2.C13H18.C9H21N.2C2H6/c1-16(2)23-21(20-13-9-8-10-17(20)3)14-18(4)22-15-19-11-6-5-7-12-19;1-11-7-9-13(10-8-11)12-5-3-2-4-6-12;1-4-7-10(8-5-2)9-6-3;2*1-2/h5-13,16,21-23H,4,14-15H2,1-3H3;7-10,12H,2-6H2,1H3;4-9H2,1-3H3;2*1-2H3. The van der Waals surface area contributed by atoms with Crippen LogP contribution in [-0.4, -0.2) is 30.6 Å². The van der Waals surface area contributed by atoms with E-state index in [4.69, 9.17) is 0 Å². The zero-order valence-corrected chi connectivity index (χ0v) is 34.6. The van der Waals surface area contributed by atoms with Gasteiger partial charge in [0, 0.05) is 30.7 Å². The van der Waals surface area contributed by atoms with Crippen molar-refractivity contribution in [3.8, 4) is 0 Å². The Balaban J connectivity index is 0.000000752. The van der Waals surface area contributed by atoms with Crippen molar-refractivity contribution in [2.75, 3.05) is 19.6 Å². The first kappa shape index (κ1) is 47.1. The van der Waals surface area contributed by atoms with Gasteiger partial charge >= 0.3 is 0 Å². The largest absolute Gasteiger partial charge is 0.385 e. The van der Waals surface area contributed by atoms with Gasteiger partial charge in [0.1, 0.15) is 0 Å². The van der Waals surface area contributed by atoms with Crippen molar-refractivity contribution in [2.45, 2.75) is 158 Å². The van der Waals surface area contributed by atoms with E-state index in [-0.39, 0.29) is 6.04 Å². The van der Waals surface area contributed by atoms with Crippen molar-refractivity contribution in [3.05, 3.63) is 119 Å². The SMILES string of the molecule is C=C(CC(NC(C)C)c1ccccc1C)NCc1ccccc1.CC.CC.CCCN(CCC)CCC.Cc1ccc(C2CCCCC2)cc1. The lowest BCUT2D eigenvalue weighted by Crippen LogP contribution is -2.30. The molecule has 3 nitrogen and oxygen atoms in total. The van der Waals surface area contributed by atoms with E-state index in [1.165, 1.54) is 93.3 Å². The summed E-state index contributed by atoms with van der Waals surface area (Å²) in [6.45, 7) is 32.3. The highest BCUT2D eigenvalue weighted by Gasteiger charge is 2.16. The smallest absolute Gasteiger partial charge is 0.0397 e. The van der Waals surface area contributed by atoms with Crippen LogP contribution in [0.4, 0.5) is 0 Å². The predicted molar refractivity (Wildman–Crippen MR) is 226 cm³/mol. The first-order valence-corrected chi connectivity index (χ1v) is 20.3. The molecule has 1 saturated carbocycles. The van der Waals surface area contributed by atoms with Crippen molar-refractivity contribution in [1.29, 1.82) is 0 Å². The van der Waals surface area contributed by atoms with Crippen LogP contribution in [0.2, 0.25) is 0 Å². The summed E-state index contributed by atoms with van der Waals surface area (Å²) in [6, 6.07) is 28.8. The van der Waals surface area contributed by atoms with Gasteiger partial charge in [0.15, 0.2) is 0 Å². The van der Waals surface area contributed by atoms with Gasteiger partial charge in [0.2, 0.25) is 0 Å². The highest BCUT2D eigenvalue weighted by molar-refractivity contribution is 5.30. The van der Waals surface area contributed by atoms with E-state index in [2.05, 4.69) is 143 Å². The average molecular weight is 686 g/mol. The molecule has 1 atom stereocenters. The van der Waals surface area contributed by atoms with Gasteiger partial charge in [0.05, 0.1) is 0 Å². The van der Waals surface area contributed by atoms with E-state index in [1.807, 2.05) is 33.8 Å². The molecule has 0 amide bonds. The molecule has 0 aromatic heterocycles. The van der Waals surface area contributed by atoms with E-state index in [0.717, 1.165) is 24.6 Å². The first-order valence-electron chi connectivity index (χ1n) is 20.3. The molecule has 3 aromatic carbocycles. The third-order valence-corrected chi connectivity index (χ3v) is 8.71. The second-order valence-electron chi connectivity index (χ2n) is 13.5. The van der Waals surface area contributed by atoms with Crippen LogP contribution in [0, 0.1) is 13.8 Å². The van der Waals surface area contributed by atoms with Crippen LogP contribution in [0.3, 0.4) is 0 Å². The molecular formula is C47H79N3. The predicted octanol–water partition coefficient (Wildman–Crippen LogP) is 13.3. The Hall–Kier alpha value is -2.88. The minimum absolute atomic E-state index is 0.284. The molecule has 3 heteroatoms. The molecule has 0 spiro atoms. The van der Waals surface area contributed by atoms with E-state index >= 15 is 0 Å². The molecule has 0 radical (unpaired) electrons. The fraction of sp³-hybridized carbons (Fsp3) is 0.574. The lowest BCUT2D eigenvalue weighted by atomic mass is 9.84. The zero-order chi connectivity index (χ0) is 37.6. The minimum atomic E-state index is 0.284. The van der Waals surface area contributed by atoms with E-state index in [1.54, 1.807) is 5.56 Å². The Morgan fingerprint density at radius 1 is 0.720 bits per heavy atom. The quantitative estimate of drug-likeness (QED) is 0.167. The van der Waals surface area contributed by atoms with Gasteiger partial charge in [-0.05, 0) is 93.8 Å². The monoisotopic (exact) mass is 686 g/mol. The molecule has 0 saturated heterocycles. The first-order chi connectivity index (χ1) is 24.3. The molecule has 1 aliphatic carbocycles. The highest BCUT2D eigenvalue weighted by atomic mass is 15.1. The molecule has 1 unspecified atom stereocenters. The van der Waals surface area contributed by atoms with E-state index in [9.17, 15) is 0 Å². The third kappa shape index (κ3) is 21.4. The molecule has 0 aliphatic heterocycles. The van der Waals surface area contributed by atoms with Gasteiger partial charge in [-0.2, -0.15) is 0 Å². The maximum atomic E-state index is 4.22. The van der Waals surface area contributed by atoms with Crippen molar-refractivity contribution < 1.29 is 0 Å². The normalized spacial score (nSPS) is 12.9. The number of aryl methyl sites for hydroxylation is 2. The molecule has 1 fully saturated rings. The van der Waals surface area contributed by atoms with Crippen molar-refractivity contribution in [2.24, 2.45) is 0 Å². The van der Waals surface area contributed by atoms with E-state index in [0.29, 0.717) is 6.04 Å².